The van der Waals surface area contributed by atoms with Crippen molar-refractivity contribution in [3.8, 4) is 6.07 Å². The summed E-state index contributed by atoms with van der Waals surface area (Å²) in [6.07, 6.45) is -0.240. The van der Waals surface area contributed by atoms with Crippen LogP contribution in [0.15, 0.2) is 24.3 Å². The third kappa shape index (κ3) is 4.05. The standard InChI is InChI=1S/C15H21N3O3S/c1-11-9-18(10-12(2)21-11)22(19,20)17-13(3)15-6-4-14(8-16)5-7-15/h4-7,11-13,17H,9-10H2,1-3H3. The van der Waals surface area contributed by atoms with Crippen molar-refractivity contribution in [3.63, 3.8) is 0 Å². The lowest BCUT2D eigenvalue weighted by atomic mass is 10.1. The van der Waals surface area contributed by atoms with E-state index in [1.54, 1.807) is 31.2 Å². The average Bonchev–Trinajstić information content (AvgIpc) is 2.46. The highest BCUT2D eigenvalue weighted by Gasteiger charge is 2.31. The second-order valence-electron chi connectivity index (χ2n) is 5.65. The first-order valence-electron chi connectivity index (χ1n) is 7.24. The molecule has 0 aliphatic carbocycles. The van der Waals surface area contributed by atoms with Gasteiger partial charge in [-0.15, -0.1) is 0 Å². The predicted molar refractivity (Wildman–Crippen MR) is 83.2 cm³/mol. The molecule has 1 aromatic carbocycles. The van der Waals surface area contributed by atoms with Gasteiger partial charge in [0.1, 0.15) is 0 Å². The molecule has 22 heavy (non-hydrogen) atoms. The van der Waals surface area contributed by atoms with Crippen LogP contribution < -0.4 is 4.72 Å². The first kappa shape index (κ1) is 16.9. The minimum absolute atomic E-state index is 0.120. The number of nitrogens with zero attached hydrogens (tertiary/aromatic N) is 2. The molecule has 1 saturated heterocycles. The van der Waals surface area contributed by atoms with Crippen LogP contribution in [0.3, 0.4) is 0 Å². The third-order valence-corrected chi connectivity index (χ3v) is 5.22. The van der Waals surface area contributed by atoms with Gasteiger partial charge in [-0.2, -0.15) is 22.7 Å². The Morgan fingerprint density at radius 3 is 2.32 bits per heavy atom. The van der Waals surface area contributed by atoms with E-state index in [0.29, 0.717) is 18.7 Å². The Morgan fingerprint density at radius 2 is 1.82 bits per heavy atom. The Hall–Kier alpha value is -1.46. The van der Waals surface area contributed by atoms with Crippen molar-refractivity contribution < 1.29 is 13.2 Å². The molecule has 0 saturated carbocycles. The normalized spacial score (nSPS) is 24.6. The van der Waals surface area contributed by atoms with Crippen LogP contribution in [0.5, 0.6) is 0 Å². The predicted octanol–water partition coefficient (Wildman–Crippen LogP) is 1.56. The van der Waals surface area contributed by atoms with Gasteiger partial charge in [-0.1, -0.05) is 12.1 Å². The van der Waals surface area contributed by atoms with Crippen LogP contribution >= 0.6 is 0 Å². The fourth-order valence-electron chi connectivity index (χ4n) is 2.54. The Morgan fingerprint density at radius 1 is 1.27 bits per heavy atom. The first-order chi connectivity index (χ1) is 10.3. The summed E-state index contributed by atoms with van der Waals surface area (Å²) < 4.78 is 34.6. The van der Waals surface area contributed by atoms with Crippen molar-refractivity contribution in [1.29, 1.82) is 5.26 Å². The number of hydrogen-bond acceptors (Lipinski definition) is 4. The summed E-state index contributed by atoms with van der Waals surface area (Å²) in [6, 6.07) is 8.55. The molecule has 1 aliphatic rings. The molecule has 7 heteroatoms. The molecule has 0 amide bonds. The van der Waals surface area contributed by atoms with Gasteiger partial charge < -0.3 is 4.74 Å². The molecule has 0 radical (unpaired) electrons. The number of benzene rings is 1. The number of nitriles is 1. The number of morpholine rings is 1. The maximum atomic E-state index is 12.5. The summed E-state index contributed by atoms with van der Waals surface area (Å²) in [5.74, 6) is 0. The molecule has 1 N–H and O–H groups in total. The van der Waals surface area contributed by atoms with E-state index in [2.05, 4.69) is 4.72 Å². The quantitative estimate of drug-likeness (QED) is 0.911. The lowest BCUT2D eigenvalue weighted by Crippen LogP contribution is -2.52. The van der Waals surface area contributed by atoms with Gasteiger partial charge in [-0.3, -0.25) is 0 Å². The third-order valence-electron chi connectivity index (χ3n) is 3.59. The second kappa shape index (κ2) is 6.75. The molecule has 3 unspecified atom stereocenters. The van der Waals surface area contributed by atoms with Gasteiger partial charge in [0.15, 0.2) is 0 Å². The first-order valence-corrected chi connectivity index (χ1v) is 8.68. The lowest BCUT2D eigenvalue weighted by Gasteiger charge is -2.35. The minimum Gasteiger partial charge on any atom is -0.373 e. The van der Waals surface area contributed by atoms with Crippen molar-refractivity contribution in [2.24, 2.45) is 0 Å². The molecule has 6 nitrogen and oxygen atoms in total. The van der Waals surface area contributed by atoms with E-state index in [1.165, 1.54) is 4.31 Å². The smallest absolute Gasteiger partial charge is 0.280 e. The van der Waals surface area contributed by atoms with Crippen molar-refractivity contribution in [2.45, 2.75) is 39.0 Å². The molecule has 1 aromatic rings. The van der Waals surface area contributed by atoms with Crippen molar-refractivity contribution in [2.75, 3.05) is 13.1 Å². The van der Waals surface area contributed by atoms with Crippen LogP contribution in [-0.2, 0) is 14.9 Å². The van der Waals surface area contributed by atoms with Crippen LogP contribution in [0, 0.1) is 11.3 Å². The Kier molecular flexibility index (Phi) is 5.19. The van der Waals surface area contributed by atoms with Gasteiger partial charge in [0.25, 0.3) is 10.2 Å². The van der Waals surface area contributed by atoms with Crippen molar-refractivity contribution in [3.05, 3.63) is 35.4 Å². The molecule has 2 rings (SSSR count). The zero-order valence-corrected chi connectivity index (χ0v) is 13.8. The van der Waals surface area contributed by atoms with Gasteiger partial charge in [-0.25, -0.2) is 0 Å². The molecular formula is C15H21N3O3S. The van der Waals surface area contributed by atoms with E-state index in [-0.39, 0.29) is 18.2 Å². The highest BCUT2D eigenvalue weighted by molar-refractivity contribution is 7.87. The Labute approximate surface area is 131 Å². The van der Waals surface area contributed by atoms with Crippen LogP contribution in [0.25, 0.3) is 0 Å². The van der Waals surface area contributed by atoms with Gasteiger partial charge >= 0.3 is 0 Å². The van der Waals surface area contributed by atoms with E-state index >= 15 is 0 Å². The van der Waals surface area contributed by atoms with E-state index in [9.17, 15) is 8.42 Å². The summed E-state index contributed by atoms with van der Waals surface area (Å²) in [4.78, 5) is 0. The second-order valence-corrected chi connectivity index (χ2v) is 7.35. The molecule has 3 atom stereocenters. The Balaban J connectivity index is 2.08. The van der Waals surface area contributed by atoms with Gasteiger partial charge in [0.2, 0.25) is 0 Å². The molecule has 1 aliphatic heterocycles. The maximum Gasteiger partial charge on any atom is 0.280 e. The van der Waals surface area contributed by atoms with Gasteiger partial charge in [0.05, 0.1) is 23.8 Å². The van der Waals surface area contributed by atoms with Gasteiger partial charge in [-0.05, 0) is 38.5 Å². The Bertz CT molecular complexity index is 642. The molecule has 0 spiro atoms. The zero-order chi connectivity index (χ0) is 16.3. The van der Waals surface area contributed by atoms with Gasteiger partial charge in [0, 0.05) is 19.1 Å². The average molecular weight is 323 g/mol. The molecule has 120 valence electrons. The fourth-order valence-corrected chi connectivity index (χ4v) is 4.08. The fraction of sp³-hybridized carbons (Fsp3) is 0.533. The zero-order valence-electron chi connectivity index (χ0n) is 13.0. The molecule has 1 heterocycles. The highest BCUT2D eigenvalue weighted by atomic mass is 32.2. The number of nitrogens with one attached hydrogen (secondary N) is 1. The van der Waals surface area contributed by atoms with Crippen LogP contribution in [-0.4, -0.2) is 38.0 Å². The van der Waals surface area contributed by atoms with E-state index in [0.717, 1.165) is 5.56 Å². The van der Waals surface area contributed by atoms with Crippen LogP contribution in [0.4, 0.5) is 0 Å². The SMILES string of the molecule is CC1CN(S(=O)(=O)NC(C)c2ccc(C#N)cc2)CC(C)O1. The van der Waals surface area contributed by atoms with E-state index in [1.807, 2.05) is 19.9 Å². The van der Waals surface area contributed by atoms with E-state index < -0.39 is 10.2 Å². The topological polar surface area (TPSA) is 82.4 Å². The maximum absolute atomic E-state index is 12.5. The monoisotopic (exact) mass is 323 g/mol. The highest BCUT2D eigenvalue weighted by Crippen LogP contribution is 2.18. The van der Waals surface area contributed by atoms with Crippen molar-refractivity contribution >= 4 is 10.2 Å². The van der Waals surface area contributed by atoms with Crippen molar-refractivity contribution in [1.82, 2.24) is 9.03 Å². The largest absolute Gasteiger partial charge is 0.373 e. The number of hydrogen-bond donors (Lipinski definition) is 1. The lowest BCUT2D eigenvalue weighted by molar-refractivity contribution is -0.0444. The summed E-state index contributed by atoms with van der Waals surface area (Å²) in [7, 11) is -3.57. The molecule has 1 fully saturated rings. The number of ether oxygens (including phenoxy) is 1. The molecular weight excluding hydrogens is 302 g/mol. The molecule has 0 bridgehead atoms. The summed E-state index contributed by atoms with van der Waals surface area (Å²) in [5, 5.41) is 8.79. The summed E-state index contributed by atoms with van der Waals surface area (Å²) in [5.41, 5.74) is 1.37. The van der Waals surface area contributed by atoms with E-state index in [4.69, 9.17) is 10.00 Å². The summed E-state index contributed by atoms with van der Waals surface area (Å²) >= 11 is 0. The van der Waals surface area contributed by atoms with Crippen LogP contribution in [0.2, 0.25) is 0 Å². The van der Waals surface area contributed by atoms with Crippen LogP contribution in [0.1, 0.15) is 37.9 Å². The minimum atomic E-state index is -3.57. The number of rotatable bonds is 4. The molecule has 0 aromatic heterocycles. The summed E-state index contributed by atoms with van der Waals surface area (Å²) in [6.45, 7) is 6.20.